The van der Waals surface area contributed by atoms with Gasteiger partial charge in [-0.1, -0.05) is 36.2 Å². The molecule has 0 unspecified atom stereocenters. The van der Waals surface area contributed by atoms with Crippen LogP contribution in [0.5, 0.6) is 0 Å². The molecule has 128 valence electrons. The van der Waals surface area contributed by atoms with Crippen LogP contribution in [0.2, 0.25) is 5.02 Å². The molecule has 0 atom stereocenters. The number of amides is 1. The van der Waals surface area contributed by atoms with E-state index in [0.717, 1.165) is 9.87 Å². The molecule has 2 rings (SSSR count). The molecule has 0 heterocycles. The maximum atomic E-state index is 12.6. The molecule has 0 aliphatic carbocycles. The van der Waals surface area contributed by atoms with Crippen molar-refractivity contribution in [3.05, 3.63) is 59.1 Å². The van der Waals surface area contributed by atoms with Gasteiger partial charge in [0.15, 0.2) is 0 Å². The van der Waals surface area contributed by atoms with Crippen LogP contribution < -0.4 is 5.32 Å². The molecule has 0 aromatic heterocycles. The smallest absolute Gasteiger partial charge is 0.243 e. The highest BCUT2D eigenvalue weighted by Gasteiger charge is 2.25. The van der Waals surface area contributed by atoms with Crippen LogP contribution in [0.3, 0.4) is 0 Å². The predicted molar refractivity (Wildman–Crippen MR) is 95.7 cm³/mol. The van der Waals surface area contributed by atoms with Crippen LogP contribution in [-0.2, 0) is 14.8 Å². The minimum atomic E-state index is -3.71. The fourth-order valence-electron chi connectivity index (χ4n) is 2.12. The van der Waals surface area contributed by atoms with Gasteiger partial charge in [0.2, 0.25) is 15.9 Å². The zero-order chi connectivity index (χ0) is 17.7. The maximum absolute atomic E-state index is 12.6. The van der Waals surface area contributed by atoms with Crippen molar-refractivity contribution in [3.8, 4) is 0 Å². The van der Waals surface area contributed by atoms with Crippen LogP contribution in [-0.4, -0.2) is 31.7 Å². The van der Waals surface area contributed by atoms with Gasteiger partial charge in [0.1, 0.15) is 0 Å². The fraction of sp³-hybridized carbons (Fsp3) is 0.235. The number of likely N-dealkylation sites (N-methyl/N-ethyl adjacent to an activating group) is 1. The van der Waals surface area contributed by atoms with Gasteiger partial charge in [0.25, 0.3) is 0 Å². The van der Waals surface area contributed by atoms with E-state index in [1.54, 1.807) is 55.5 Å². The molecule has 0 aliphatic heterocycles. The minimum absolute atomic E-state index is 0.175. The van der Waals surface area contributed by atoms with Crippen molar-refractivity contribution < 1.29 is 13.2 Å². The van der Waals surface area contributed by atoms with E-state index in [2.05, 4.69) is 5.32 Å². The van der Waals surface area contributed by atoms with Crippen molar-refractivity contribution >= 4 is 33.2 Å². The maximum Gasteiger partial charge on any atom is 0.243 e. The Hall–Kier alpha value is -1.89. The summed E-state index contributed by atoms with van der Waals surface area (Å²) in [6.07, 6.45) is 0. The van der Waals surface area contributed by atoms with Gasteiger partial charge in [-0.3, -0.25) is 4.79 Å². The molecular weight excluding hydrogens is 348 g/mol. The number of halogens is 1. The second-order valence-electron chi connectivity index (χ2n) is 5.30. The molecule has 24 heavy (non-hydrogen) atoms. The van der Waals surface area contributed by atoms with Gasteiger partial charge in [-0.2, -0.15) is 4.31 Å². The number of aryl methyl sites for hydroxylation is 1. The van der Waals surface area contributed by atoms with E-state index in [1.165, 1.54) is 0 Å². The summed E-state index contributed by atoms with van der Waals surface area (Å²) in [5, 5.41) is 3.22. The molecule has 0 radical (unpaired) electrons. The second kappa shape index (κ2) is 7.79. The van der Waals surface area contributed by atoms with E-state index in [1.807, 2.05) is 6.92 Å². The van der Waals surface area contributed by atoms with Gasteiger partial charge in [-0.25, -0.2) is 8.42 Å². The highest BCUT2D eigenvalue weighted by molar-refractivity contribution is 7.89. The largest absolute Gasteiger partial charge is 0.325 e. The van der Waals surface area contributed by atoms with Crippen LogP contribution in [0.4, 0.5) is 5.69 Å². The average molecular weight is 367 g/mol. The zero-order valence-corrected chi connectivity index (χ0v) is 15.1. The van der Waals surface area contributed by atoms with Crippen LogP contribution in [0, 0.1) is 6.92 Å². The minimum Gasteiger partial charge on any atom is -0.325 e. The molecule has 7 heteroatoms. The normalized spacial score (nSPS) is 11.5. The van der Waals surface area contributed by atoms with Crippen molar-refractivity contribution in [1.82, 2.24) is 4.31 Å². The number of anilines is 1. The number of benzene rings is 2. The fourth-order valence-corrected chi connectivity index (χ4v) is 3.65. The second-order valence-corrected chi connectivity index (χ2v) is 7.67. The zero-order valence-electron chi connectivity index (χ0n) is 13.5. The summed E-state index contributed by atoms with van der Waals surface area (Å²) in [6, 6.07) is 13.2. The first-order valence-electron chi connectivity index (χ1n) is 7.45. The lowest BCUT2D eigenvalue weighted by Gasteiger charge is -2.20. The van der Waals surface area contributed by atoms with Crippen molar-refractivity contribution in [1.29, 1.82) is 0 Å². The molecule has 0 spiro atoms. The number of nitrogens with zero attached hydrogens (tertiary/aromatic N) is 1. The highest BCUT2D eigenvalue weighted by atomic mass is 35.5. The topological polar surface area (TPSA) is 66.5 Å². The van der Waals surface area contributed by atoms with E-state index in [0.29, 0.717) is 10.7 Å². The van der Waals surface area contributed by atoms with Gasteiger partial charge < -0.3 is 5.32 Å². The first-order valence-corrected chi connectivity index (χ1v) is 9.27. The van der Waals surface area contributed by atoms with Crippen LogP contribution in [0.15, 0.2) is 53.4 Å². The van der Waals surface area contributed by atoms with E-state index in [9.17, 15) is 13.2 Å². The summed E-state index contributed by atoms with van der Waals surface area (Å²) in [4.78, 5) is 12.3. The molecule has 0 aliphatic rings. The van der Waals surface area contributed by atoms with Gasteiger partial charge >= 0.3 is 0 Å². The molecule has 1 N–H and O–H groups in total. The molecule has 5 nitrogen and oxygen atoms in total. The van der Waals surface area contributed by atoms with Gasteiger partial charge in [-0.15, -0.1) is 0 Å². The predicted octanol–water partition coefficient (Wildman–Crippen LogP) is 3.30. The van der Waals surface area contributed by atoms with Gasteiger partial charge in [0, 0.05) is 17.3 Å². The number of hydrogen-bond acceptors (Lipinski definition) is 3. The Bertz CT molecular complexity index is 803. The number of rotatable bonds is 6. The lowest BCUT2D eigenvalue weighted by Crippen LogP contribution is -2.37. The van der Waals surface area contributed by atoms with E-state index >= 15 is 0 Å². The van der Waals surface area contributed by atoms with E-state index in [4.69, 9.17) is 11.6 Å². The molecular formula is C17H19ClN2O3S. The molecule has 1 amide bonds. The standard InChI is InChI=1S/C17H19ClN2O3S/c1-3-20(24(22,23)16-10-4-13(2)5-11-16)12-17(21)19-15-8-6-14(18)7-9-15/h4-11H,3,12H2,1-2H3,(H,19,21). The first kappa shape index (κ1) is 18.4. The van der Waals surface area contributed by atoms with Crippen molar-refractivity contribution in [3.63, 3.8) is 0 Å². The molecule has 2 aromatic rings. The molecule has 2 aromatic carbocycles. The first-order chi connectivity index (χ1) is 11.3. The average Bonchev–Trinajstić information content (AvgIpc) is 2.55. The summed E-state index contributed by atoms with van der Waals surface area (Å²) in [7, 11) is -3.71. The number of nitrogens with one attached hydrogen (secondary N) is 1. The van der Waals surface area contributed by atoms with Crippen molar-refractivity contribution in [2.45, 2.75) is 18.7 Å². The third-order valence-corrected chi connectivity index (χ3v) is 5.65. The lowest BCUT2D eigenvalue weighted by molar-refractivity contribution is -0.116. The monoisotopic (exact) mass is 366 g/mol. The Labute approximate surface area is 147 Å². The number of carbonyl (C=O) groups excluding carboxylic acids is 1. The highest BCUT2D eigenvalue weighted by Crippen LogP contribution is 2.17. The third-order valence-electron chi connectivity index (χ3n) is 3.46. The van der Waals surface area contributed by atoms with Crippen LogP contribution in [0.1, 0.15) is 12.5 Å². The Balaban J connectivity index is 2.11. The third kappa shape index (κ3) is 4.56. The Morgan fingerprint density at radius 2 is 1.67 bits per heavy atom. The van der Waals surface area contributed by atoms with Crippen LogP contribution >= 0.6 is 11.6 Å². The summed E-state index contributed by atoms with van der Waals surface area (Å²) >= 11 is 5.79. The Morgan fingerprint density at radius 1 is 1.08 bits per heavy atom. The summed E-state index contributed by atoms with van der Waals surface area (Å²) in [5.74, 6) is -0.408. The van der Waals surface area contributed by atoms with Gasteiger partial charge in [-0.05, 0) is 43.3 Å². The van der Waals surface area contributed by atoms with E-state index in [-0.39, 0.29) is 18.0 Å². The number of sulfonamides is 1. The molecule has 0 bridgehead atoms. The SMILES string of the molecule is CCN(CC(=O)Nc1ccc(Cl)cc1)S(=O)(=O)c1ccc(C)cc1. The van der Waals surface area contributed by atoms with Crippen molar-refractivity contribution in [2.75, 3.05) is 18.4 Å². The lowest BCUT2D eigenvalue weighted by atomic mass is 10.2. The summed E-state index contributed by atoms with van der Waals surface area (Å²) < 4.78 is 26.4. The van der Waals surface area contributed by atoms with Gasteiger partial charge in [0.05, 0.1) is 11.4 Å². The number of carbonyl (C=O) groups is 1. The Kier molecular flexibility index (Phi) is 5.99. The number of hydrogen-bond donors (Lipinski definition) is 1. The van der Waals surface area contributed by atoms with Crippen LogP contribution in [0.25, 0.3) is 0 Å². The molecule has 0 saturated carbocycles. The quantitative estimate of drug-likeness (QED) is 0.853. The summed E-state index contributed by atoms with van der Waals surface area (Å²) in [6.45, 7) is 3.52. The van der Waals surface area contributed by atoms with E-state index < -0.39 is 15.9 Å². The molecule has 0 fully saturated rings. The molecule has 0 saturated heterocycles. The Morgan fingerprint density at radius 3 is 2.21 bits per heavy atom. The summed E-state index contributed by atoms with van der Waals surface area (Å²) in [5.41, 5.74) is 1.53. The van der Waals surface area contributed by atoms with Crippen molar-refractivity contribution in [2.24, 2.45) is 0 Å².